The second-order valence-electron chi connectivity index (χ2n) is 5.52. The molecule has 1 aliphatic rings. The summed E-state index contributed by atoms with van der Waals surface area (Å²) in [5, 5.41) is 5.96. The third kappa shape index (κ3) is 5.12. The molecule has 1 unspecified atom stereocenters. The molecular weight excluding hydrogens is 250 g/mol. The molecule has 0 saturated heterocycles. The van der Waals surface area contributed by atoms with Crippen LogP contribution in [0, 0.1) is 0 Å². The maximum Gasteiger partial charge on any atom is 0.0327 e. The minimum Gasteiger partial charge on any atom is -0.310 e. The third-order valence-corrected chi connectivity index (χ3v) is 4.80. The van der Waals surface area contributed by atoms with Crippen LogP contribution in [0.1, 0.15) is 56.7 Å². The van der Waals surface area contributed by atoms with Crippen LogP contribution in [0.15, 0.2) is 29.2 Å². The highest BCUT2D eigenvalue weighted by molar-refractivity contribution is 7.09. The Morgan fingerprint density at radius 2 is 2.16 bits per heavy atom. The van der Waals surface area contributed by atoms with E-state index in [0.717, 1.165) is 6.54 Å². The van der Waals surface area contributed by atoms with Gasteiger partial charge in [-0.25, -0.2) is 0 Å². The zero-order chi connectivity index (χ0) is 13.3. The second kappa shape index (κ2) is 8.55. The van der Waals surface area contributed by atoms with Gasteiger partial charge in [-0.2, -0.15) is 0 Å². The molecule has 0 spiro atoms. The minimum absolute atomic E-state index is 0.566. The van der Waals surface area contributed by atoms with Crippen molar-refractivity contribution < 1.29 is 0 Å². The highest BCUT2D eigenvalue weighted by Crippen LogP contribution is 2.23. The van der Waals surface area contributed by atoms with E-state index in [2.05, 4.69) is 35.8 Å². The average molecular weight is 277 g/mol. The van der Waals surface area contributed by atoms with Crippen molar-refractivity contribution in [2.75, 3.05) is 6.54 Å². The van der Waals surface area contributed by atoms with Crippen LogP contribution < -0.4 is 5.32 Å². The predicted molar refractivity (Wildman–Crippen MR) is 85.9 cm³/mol. The average Bonchev–Trinajstić information content (AvgIpc) is 2.87. The fourth-order valence-electron chi connectivity index (χ4n) is 2.82. The Bertz CT molecular complexity index is 367. The van der Waals surface area contributed by atoms with Crippen LogP contribution in [-0.4, -0.2) is 12.6 Å². The van der Waals surface area contributed by atoms with Crippen LogP contribution in [0.4, 0.5) is 0 Å². The first-order valence-electron chi connectivity index (χ1n) is 7.85. The van der Waals surface area contributed by atoms with Crippen molar-refractivity contribution in [3.05, 3.63) is 34.0 Å². The summed E-state index contributed by atoms with van der Waals surface area (Å²) < 4.78 is 0. The van der Waals surface area contributed by atoms with Crippen LogP contribution in [0.5, 0.6) is 0 Å². The second-order valence-corrected chi connectivity index (χ2v) is 6.55. The van der Waals surface area contributed by atoms with E-state index >= 15 is 0 Å². The van der Waals surface area contributed by atoms with Crippen molar-refractivity contribution in [1.29, 1.82) is 0 Å². The lowest BCUT2D eigenvalue weighted by molar-refractivity contribution is 0.525. The van der Waals surface area contributed by atoms with Crippen LogP contribution in [0.25, 0.3) is 0 Å². The number of allylic oxidation sites excluding steroid dienone is 1. The molecule has 0 radical (unpaired) electrons. The molecule has 1 nitrogen and oxygen atoms in total. The van der Waals surface area contributed by atoms with Gasteiger partial charge in [-0.15, -0.1) is 11.3 Å². The van der Waals surface area contributed by atoms with Gasteiger partial charge >= 0.3 is 0 Å². The van der Waals surface area contributed by atoms with Crippen LogP contribution in [0.3, 0.4) is 0 Å². The Labute approximate surface area is 122 Å². The predicted octanol–water partition coefficient (Wildman–Crippen LogP) is 4.94. The van der Waals surface area contributed by atoms with Gasteiger partial charge in [0.15, 0.2) is 0 Å². The summed E-state index contributed by atoms with van der Waals surface area (Å²) in [6.07, 6.45) is 13.1. The van der Waals surface area contributed by atoms with Gasteiger partial charge < -0.3 is 5.32 Å². The van der Waals surface area contributed by atoms with Gasteiger partial charge in [-0.05, 0) is 50.1 Å². The highest BCUT2D eigenvalue weighted by Gasteiger charge is 2.15. The monoisotopic (exact) mass is 277 g/mol. The Morgan fingerprint density at radius 3 is 2.95 bits per heavy atom. The van der Waals surface area contributed by atoms with E-state index in [1.54, 1.807) is 5.57 Å². The lowest BCUT2D eigenvalue weighted by Gasteiger charge is -2.23. The smallest absolute Gasteiger partial charge is 0.0327 e. The molecule has 0 aromatic carbocycles. The summed E-state index contributed by atoms with van der Waals surface area (Å²) in [4.78, 5) is 1.51. The molecule has 0 saturated carbocycles. The quantitative estimate of drug-likeness (QED) is 0.726. The standard InChI is InChI=1S/C17H27NS/c1-2-12-18-17(14-16-11-8-13-19-16)15-9-6-4-3-5-7-10-15/h8-9,11,13,17-18H,2-7,10,12,14H2,1H3/b15-9+. The summed E-state index contributed by atoms with van der Waals surface area (Å²) in [5.74, 6) is 0. The van der Waals surface area contributed by atoms with Gasteiger partial charge in [-0.3, -0.25) is 0 Å². The first-order chi connectivity index (χ1) is 9.40. The number of hydrogen-bond donors (Lipinski definition) is 1. The van der Waals surface area contributed by atoms with E-state index in [1.165, 1.54) is 56.2 Å². The van der Waals surface area contributed by atoms with E-state index in [1.807, 2.05) is 11.3 Å². The first-order valence-corrected chi connectivity index (χ1v) is 8.73. The fraction of sp³-hybridized carbons (Fsp3) is 0.647. The highest BCUT2D eigenvalue weighted by atomic mass is 32.1. The Morgan fingerprint density at radius 1 is 1.26 bits per heavy atom. The molecule has 0 bridgehead atoms. The molecule has 0 fully saturated rings. The fourth-order valence-corrected chi connectivity index (χ4v) is 3.57. The van der Waals surface area contributed by atoms with Gasteiger partial charge in [-0.1, -0.05) is 37.5 Å². The zero-order valence-electron chi connectivity index (χ0n) is 12.2. The van der Waals surface area contributed by atoms with Crippen molar-refractivity contribution in [1.82, 2.24) is 5.32 Å². The molecule has 19 heavy (non-hydrogen) atoms. The molecule has 0 aliphatic heterocycles. The number of nitrogens with one attached hydrogen (secondary N) is 1. The van der Waals surface area contributed by atoms with Crippen molar-refractivity contribution >= 4 is 11.3 Å². The molecule has 106 valence electrons. The Balaban J connectivity index is 2.01. The van der Waals surface area contributed by atoms with Gasteiger partial charge in [0.2, 0.25) is 0 Å². The molecule has 1 aliphatic carbocycles. The normalized spacial score (nSPS) is 21.2. The van der Waals surface area contributed by atoms with Crippen LogP contribution >= 0.6 is 11.3 Å². The summed E-state index contributed by atoms with van der Waals surface area (Å²) in [6, 6.07) is 5.01. The molecule has 2 heteroatoms. The lowest BCUT2D eigenvalue weighted by Crippen LogP contribution is -2.33. The molecule has 1 atom stereocenters. The molecular formula is C17H27NS. The summed E-state index contributed by atoms with van der Waals surface area (Å²) >= 11 is 1.89. The zero-order valence-corrected chi connectivity index (χ0v) is 13.0. The van der Waals surface area contributed by atoms with Gasteiger partial charge in [0, 0.05) is 17.3 Å². The van der Waals surface area contributed by atoms with E-state index < -0.39 is 0 Å². The largest absolute Gasteiger partial charge is 0.310 e. The van der Waals surface area contributed by atoms with Crippen molar-refractivity contribution in [3.8, 4) is 0 Å². The number of hydrogen-bond acceptors (Lipinski definition) is 2. The van der Waals surface area contributed by atoms with Crippen molar-refractivity contribution in [2.24, 2.45) is 0 Å². The topological polar surface area (TPSA) is 12.0 Å². The number of thiophene rings is 1. The van der Waals surface area contributed by atoms with Gasteiger partial charge in [0.1, 0.15) is 0 Å². The Kier molecular flexibility index (Phi) is 6.66. The van der Waals surface area contributed by atoms with Crippen molar-refractivity contribution in [2.45, 2.75) is 64.3 Å². The van der Waals surface area contributed by atoms with Gasteiger partial charge in [0.05, 0.1) is 0 Å². The van der Waals surface area contributed by atoms with E-state index in [-0.39, 0.29) is 0 Å². The molecule has 1 N–H and O–H groups in total. The molecule has 1 aromatic heterocycles. The van der Waals surface area contributed by atoms with E-state index in [9.17, 15) is 0 Å². The summed E-state index contributed by atoms with van der Waals surface area (Å²) in [5.41, 5.74) is 1.67. The Hall–Kier alpha value is -0.600. The van der Waals surface area contributed by atoms with E-state index in [4.69, 9.17) is 0 Å². The molecule has 2 rings (SSSR count). The summed E-state index contributed by atoms with van der Waals surface area (Å²) in [6.45, 7) is 3.38. The van der Waals surface area contributed by atoms with Gasteiger partial charge in [0.25, 0.3) is 0 Å². The molecule has 1 aromatic rings. The van der Waals surface area contributed by atoms with Crippen LogP contribution in [-0.2, 0) is 6.42 Å². The van der Waals surface area contributed by atoms with Crippen molar-refractivity contribution in [3.63, 3.8) is 0 Å². The van der Waals surface area contributed by atoms with E-state index in [0.29, 0.717) is 6.04 Å². The molecule has 0 amide bonds. The summed E-state index contributed by atoms with van der Waals surface area (Å²) in [7, 11) is 0. The van der Waals surface area contributed by atoms with Crippen LogP contribution in [0.2, 0.25) is 0 Å². The number of rotatable bonds is 6. The molecule has 1 heterocycles. The lowest BCUT2D eigenvalue weighted by atomic mass is 9.93. The maximum atomic E-state index is 3.76. The SMILES string of the molecule is CCCNC(Cc1cccs1)/C1=C/CCCCCC1. The first kappa shape index (κ1) is 14.8. The minimum atomic E-state index is 0.566. The maximum absolute atomic E-state index is 3.76. The third-order valence-electron chi connectivity index (χ3n) is 3.90.